The molecule has 1 saturated carbocycles. The third-order valence-corrected chi connectivity index (χ3v) is 7.19. The number of benzene rings is 2. The highest BCUT2D eigenvalue weighted by Crippen LogP contribution is 2.29. The average molecular weight is 491 g/mol. The Hall–Kier alpha value is -2.74. The molecule has 0 bridgehead atoms. The number of carbonyl (C=O) groups is 1. The summed E-state index contributed by atoms with van der Waals surface area (Å²) in [5.74, 6) is -2.07. The lowest BCUT2D eigenvalue weighted by molar-refractivity contribution is 0.0884. The highest BCUT2D eigenvalue weighted by molar-refractivity contribution is 5.94. The van der Waals surface area contributed by atoms with Gasteiger partial charge >= 0.3 is 0 Å². The van der Waals surface area contributed by atoms with Crippen LogP contribution in [0.15, 0.2) is 36.4 Å². The fraction of sp³-hybridized carbons (Fsp3) is 0.519. The van der Waals surface area contributed by atoms with Crippen LogP contribution in [0.5, 0.6) is 11.5 Å². The van der Waals surface area contributed by atoms with Crippen LogP contribution in [0, 0.1) is 23.4 Å². The summed E-state index contributed by atoms with van der Waals surface area (Å²) in [5, 5.41) is 3.16. The smallest absolute Gasteiger partial charge is 0.251 e. The van der Waals surface area contributed by atoms with Crippen LogP contribution in [0.3, 0.4) is 0 Å². The number of hydrogen-bond donors (Lipinski definition) is 1. The van der Waals surface area contributed by atoms with E-state index in [2.05, 4.69) is 10.2 Å². The molecule has 1 saturated heterocycles. The van der Waals surface area contributed by atoms with Crippen LogP contribution in [0.2, 0.25) is 0 Å². The third-order valence-electron chi connectivity index (χ3n) is 7.19. The van der Waals surface area contributed by atoms with Crippen LogP contribution >= 0.6 is 0 Å². The van der Waals surface area contributed by atoms with Crippen LogP contribution in [-0.2, 0) is 0 Å². The van der Waals surface area contributed by atoms with Crippen molar-refractivity contribution in [1.82, 2.24) is 10.2 Å². The Balaban J connectivity index is 1.13. The van der Waals surface area contributed by atoms with Crippen LogP contribution in [-0.4, -0.2) is 49.7 Å². The van der Waals surface area contributed by atoms with E-state index >= 15 is 0 Å². The summed E-state index contributed by atoms with van der Waals surface area (Å²) in [6.45, 7) is 2.67. The van der Waals surface area contributed by atoms with Crippen LogP contribution in [0.25, 0.3) is 0 Å². The number of ether oxygens (including phenoxy) is 2. The van der Waals surface area contributed by atoms with Crippen molar-refractivity contribution in [3.63, 3.8) is 0 Å². The van der Waals surface area contributed by atoms with Crippen molar-refractivity contribution in [2.24, 2.45) is 5.92 Å². The maximum absolute atomic E-state index is 13.8. The predicted molar refractivity (Wildman–Crippen MR) is 127 cm³/mol. The zero-order valence-electron chi connectivity index (χ0n) is 20.1. The first-order chi connectivity index (χ1) is 16.9. The first-order valence-corrected chi connectivity index (χ1v) is 12.4. The Morgan fingerprint density at radius 1 is 0.943 bits per heavy atom. The van der Waals surface area contributed by atoms with Crippen molar-refractivity contribution in [1.29, 1.82) is 0 Å². The van der Waals surface area contributed by atoms with Gasteiger partial charge in [-0.25, -0.2) is 13.2 Å². The quantitative estimate of drug-likeness (QED) is 0.508. The molecule has 1 heterocycles. The molecular weight excluding hydrogens is 457 g/mol. The van der Waals surface area contributed by atoms with Gasteiger partial charge in [0, 0.05) is 36.8 Å². The van der Waals surface area contributed by atoms with Gasteiger partial charge in [0.25, 0.3) is 5.91 Å². The SMILES string of the molecule is COc1ccc(C(=O)NC2CCC(CCN3CCC(Oc4cc(F)c(F)cc4F)CC3)CC2)cc1. The van der Waals surface area contributed by atoms with Crippen molar-refractivity contribution in [3.8, 4) is 11.5 Å². The molecule has 35 heavy (non-hydrogen) atoms. The molecule has 2 aliphatic rings. The number of carbonyl (C=O) groups excluding carboxylic acids is 1. The summed E-state index contributed by atoms with van der Waals surface area (Å²) in [6.07, 6.45) is 6.54. The summed E-state index contributed by atoms with van der Waals surface area (Å²) >= 11 is 0. The average Bonchev–Trinajstić information content (AvgIpc) is 2.87. The van der Waals surface area contributed by atoms with Crippen molar-refractivity contribution >= 4 is 5.91 Å². The number of nitrogens with one attached hydrogen (secondary N) is 1. The zero-order valence-corrected chi connectivity index (χ0v) is 20.1. The molecule has 1 aliphatic heterocycles. The second-order valence-electron chi connectivity index (χ2n) is 9.56. The Morgan fingerprint density at radius 2 is 1.60 bits per heavy atom. The topological polar surface area (TPSA) is 50.8 Å². The van der Waals surface area contributed by atoms with E-state index in [0.717, 1.165) is 76.4 Å². The van der Waals surface area contributed by atoms with E-state index in [0.29, 0.717) is 17.5 Å². The summed E-state index contributed by atoms with van der Waals surface area (Å²) in [5.41, 5.74) is 0.646. The van der Waals surface area contributed by atoms with Crippen LogP contribution < -0.4 is 14.8 Å². The summed E-state index contributed by atoms with van der Waals surface area (Å²) < 4.78 is 51.1. The highest BCUT2D eigenvalue weighted by Gasteiger charge is 2.26. The van der Waals surface area contributed by atoms with Gasteiger partial charge in [0.1, 0.15) is 11.9 Å². The van der Waals surface area contributed by atoms with Gasteiger partial charge < -0.3 is 19.7 Å². The van der Waals surface area contributed by atoms with Gasteiger partial charge in [-0.3, -0.25) is 4.79 Å². The first-order valence-electron chi connectivity index (χ1n) is 12.4. The second kappa shape index (κ2) is 11.8. The second-order valence-corrected chi connectivity index (χ2v) is 9.56. The molecule has 2 fully saturated rings. The third kappa shape index (κ3) is 6.90. The molecule has 5 nitrogen and oxygen atoms in total. The first kappa shape index (κ1) is 25.4. The number of likely N-dealkylation sites (tertiary alicyclic amines) is 1. The molecule has 1 amide bonds. The van der Waals surface area contributed by atoms with Crippen molar-refractivity contribution < 1.29 is 27.4 Å². The Kier molecular flexibility index (Phi) is 8.55. The van der Waals surface area contributed by atoms with Gasteiger partial charge in [-0.15, -0.1) is 0 Å². The lowest BCUT2D eigenvalue weighted by Crippen LogP contribution is -2.40. The molecule has 1 aliphatic carbocycles. The van der Waals surface area contributed by atoms with Crippen LogP contribution in [0.4, 0.5) is 13.2 Å². The molecule has 2 aromatic carbocycles. The minimum atomic E-state index is -1.21. The fourth-order valence-corrected chi connectivity index (χ4v) is 5.00. The van der Waals surface area contributed by atoms with E-state index in [-0.39, 0.29) is 23.8 Å². The molecule has 0 unspecified atom stereocenters. The van der Waals surface area contributed by atoms with E-state index in [9.17, 15) is 18.0 Å². The van der Waals surface area contributed by atoms with Gasteiger partial charge in [0.2, 0.25) is 0 Å². The predicted octanol–water partition coefficient (Wildman–Crippen LogP) is 5.33. The number of piperidine rings is 1. The minimum absolute atomic E-state index is 0.0375. The monoisotopic (exact) mass is 490 g/mol. The number of amides is 1. The lowest BCUT2D eigenvalue weighted by atomic mass is 9.84. The van der Waals surface area contributed by atoms with Crippen LogP contribution in [0.1, 0.15) is 55.3 Å². The molecule has 0 spiro atoms. The standard InChI is InChI=1S/C27H33F3N2O3/c1-34-21-8-4-19(5-9-21)27(33)31-20-6-2-18(3-7-20)10-13-32-14-11-22(12-15-32)35-26-17-24(29)23(28)16-25(26)30/h4-5,8-9,16-18,20,22H,2-3,6-7,10-15H2,1H3,(H,31,33). The van der Waals surface area contributed by atoms with Crippen molar-refractivity contribution in [3.05, 3.63) is 59.4 Å². The normalized spacial score (nSPS) is 21.5. The molecule has 0 radical (unpaired) electrons. The Morgan fingerprint density at radius 3 is 2.26 bits per heavy atom. The lowest BCUT2D eigenvalue weighted by Gasteiger charge is -2.34. The molecule has 1 N–H and O–H groups in total. The fourth-order valence-electron chi connectivity index (χ4n) is 5.00. The highest BCUT2D eigenvalue weighted by atomic mass is 19.2. The number of rotatable bonds is 8. The summed E-state index contributed by atoms with van der Waals surface area (Å²) in [6, 6.07) is 8.67. The van der Waals surface area contributed by atoms with E-state index in [4.69, 9.17) is 9.47 Å². The maximum Gasteiger partial charge on any atom is 0.251 e. The van der Waals surface area contributed by atoms with E-state index < -0.39 is 17.5 Å². The van der Waals surface area contributed by atoms with Gasteiger partial charge in [-0.05, 0) is 81.7 Å². The molecule has 0 aromatic heterocycles. The minimum Gasteiger partial charge on any atom is -0.497 e. The molecule has 0 atom stereocenters. The zero-order chi connectivity index (χ0) is 24.8. The number of nitrogens with zero attached hydrogens (tertiary/aromatic N) is 1. The number of halogens is 3. The van der Waals surface area contributed by atoms with E-state index in [1.165, 1.54) is 0 Å². The molecule has 4 rings (SSSR count). The van der Waals surface area contributed by atoms with E-state index in [1.807, 2.05) is 0 Å². The molecule has 190 valence electrons. The molecular formula is C27H33F3N2O3. The van der Waals surface area contributed by atoms with Crippen molar-refractivity contribution in [2.45, 2.75) is 57.1 Å². The largest absolute Gasteiger partial charge is 0.497 e. The van der Waals surface area contributed by atoms with Crippen molar-refractivity contribution in [2.75, 3.05) is 26.7 Å². The van der Waals surface area contributed by atoms with Gasteiger partial charge in [-0.2, -0.15) is 0 Å². The number of methoxy groups -OCH3 is 1. The molecule has 8 heteroatoms. The van der Waals surface area contributed by atoms with Gasteiger partial charge in [0.05, 0.1) is 7.11 Å². The number of hydrogen-bond acceptors (Lipinski definition) is 4. The summed E-state index contributed by atoms with van der Waals surface area (Å²) in [4.78, 5) is 14.9. The van der Waals surface area contributed by atoms with Gasteiger partial charge in [-0.1, -0.05) is 0 Å². The maximum atomic E-state index is 13.8. The summed E-state index contributed by atoms with van der Waals surface area (Å²) in [7, 11) is 1.60. The molecule has 2 aromatic rings. The van der Waals surface area contributed by atoms with E-state index in [1.54, 1.807) is 31.4 Å². The Bertz CT molecular complexity index is 986. The van der Waals surface area contributed by atoms with Gasteiger partial charge in [0.15, 0.2) is 23.2 Å². The Labute approximate surface area is 204 Å².